The van der Waals surface area contributed by atoms with E-state index in [-0.39, 0.29) is 23.6 Å². The zero-order valence-electron chi connectivity index (χ0n) is 21.2. The largest absolute Gasteiger partial charge is 0.504 e. The number of anilines is 1. The molecular weight excluding hydrogens is 548 g/mol. The van der Waals surface area contributed by atoms with Gasteiger partial charge in [-0.25, -0.2) is 23.4 Å². The number of nitrogens with one attached hydrogen (secondary N) is 3. The molecule has 2 aromatic rings. The van der Waals surface area contributed by atoms with E-state index in [4.69, 9.17) is 10.5 Å². The van der Waals surface area contributed by atoms with Crippen molar-refractivity contribution in [2.45, 2.75) is 29.6 Å². The smallest absolute Gasteiger partial charge is 0.407 e. The number of carboxylic acid groups (broad SMARTS) is 1. The third-order valence-corrected chi connectivity index (χ3v) is 9.30. The number of nitrogens with two attached hydrogens (primary N) is 1. The maximum absolute atomic E-state index is 13.6. The molecule has 1 aromatic carbocycles. The summed E-state index contributed by atoms with van der Waals surface area (Å²) in [4.78, 5) is 42.4. The number of pyridine rings is 1. The molecule has 2 aliphatic heterocycles. The lowest BCUT2D eigenvalue weighted by Crippen LogP contribution is -2.59. The van der Waals surface area contributed by atoms with E-state index in [2.05, 4.69) is 21.2 Å². The van der Waals surface area contributed by atoms with Gasteiger partial charge in [-0.05, 0) is 42.8 Å². The average molecular weight is 577 g/mol. The molecule has 0 spiro atoms. The number of nitrogens with zero attached hydrogens (tertiary/aromatic N) is 2. The van der Waals surface area contributed by atoms with Crippen LogP contribution in [0.3, 0.4) is 0 Å². The molecule has 0 unspecified atom stereocenters. The Balaban J connectivity index is 1.51. The molecule has 0 radical (unpaired) electrons. The predicted molar refractivity (Wildman–Crippen MR) is 140 cm³/mol. The van der Waals surface area contributed by atoms with Crippen molar-refractivity contribution in [3.05, 3.63) is 53.4 Å². The van der Waals surface area contributed by atoms with Gasteiger partial charge in [0, 0.05) is 25.8 Å². The van der Waals surface area contributed by atoms with Crippen molar-refractivity contribution >= 4 is 39.6 Å². The van der Waals surface area contributed by atoms with E-state index in [1.807, 2.05) is 0 Å². The van der Waals surface area contributed by atoms with Gasteiger partial charge in [-0.2, -0.15) is 0 Å². The molecule has 4 rings (SSSR count). The molecule has 214 valence electrons. The number of aromatic nitrogens is 1. The molecular formula is C24H28N6O9S. The molecule has 2 saturated heterocycles. The molecule has 2 fully saturated rings. The van der Waals surface area contributed by atoms with Gasteiger partial charge < -0.3 is 41.4 Å². The molecule has 8 N–H and O–H groups in total. The first-order valence-electron chi connectivity index (χ1n) is 12.0. The van der Waals surface area contributed by atoms with Crippen LogP contribution in [0.4, 0.5) is 10.5 Å². The number of ether oxygens (including phenoxy) is 1. The van der Waals surface area contributed by atoms with Gasteiger partial charge in [-0.3, -0.25) is 9.78 Å². The van der Waals surface area contributed by atoms with Gasteiger partial charge in [-0.1, -0.05) is 6.07 Å². The number of phenolic OH excluding ortho intramolecular Hbond substituents is 2. The number of carbonyl (C=O) groups excluding carboxylic acids is 2. The highest BCUT2D eigenvalue weighted by atomic mass is 32.2. The number of alkyl carbamates (subject to hydrolysis) is 1. The number of carboxylic acids is 1. The van der Waals surface area contributed by atoms with Crippen LogP contribution in [0.1, 0.15) is 18.2 Å². The van der Waals surface area contributed by atoms with Crippen LogP contribution in [0, 0.1) is 0 Å². The summed E-state index contributed by atoms with van der Waals surface area (Å²) in [5.74, 6) is -3.11. The van der Waals surface area contributed by atoms with Crippen molar-refractivity contribution in [3.8, 4) is 11.5 Å². The van der Waals surface area contributed by atoms with Crippen molar-refractivity contribution in [1.82, 2.24) is 20.6 Å². The molecule has 0 aliphatic carbocycles. The Morgan fingerprint density at radius 1 is 1.23 bits per heavy atom. The third kappa shape index (κ3) is 5.11. The summed E-state index contributed by atoms with van der Waals surface area (Å²) in [6, 6.07) is 5.24. The SMILES string of the molecule is C[C@]1(COC(=O)NCc2ccc(O)c(O)c2)[C@H](C(=O)O)N2C(=O)/C(=C/c3cc(NNCCN)ccn3)[C@H]2S1(=O)=O. The number of hydrazine groups is 1. The molecule has 0 saturated carbocycles. The first-order chi connectivity index (χ1) is 18.9. The molecule has 16 heteroatoms. The summed E-state index contributed by atoms with van der Waals surface area (Å²) < 4.78 is 30.2. The number of β-lactam (4-membered cyclic amide) rings is 1. The van der Waals surface area contributed by atoms with Crippen molar-refractivity contribution in [3.63, 3.8) is 0 Å². The van der Waals surface area contributed by atoms with Crippen LogP contribution in [-0.4, -0.2) is 87.5 Å². The Kier molecular flexibility index (Phi) is 7.86. The number of amides is 2. The summed E-state index contributed by atoms with van der Waals surface area (Å²) in [5.41, 5.74) is 12.3. The Labute approximate surface area is 228 Å². The van der Waals surface area contributed by atoms with Crippen LogP contribution in [0.2, 0.25) is 0 Å². The van der Waals surface area contributed by atoms with Crippen molar-refractivity contribution in [1.29, 1.82) is 0 Å². The minimum absolute atomic E-state index is 0.138. The summed E-state index contributed by atoms with van der Waals surface area (Å²) in [7, 11) is -4.40. The Morgan fingerprint density at radius 2 is 1.98 bits per heavy atom. The number of benzene rings is 1. The molecule has 3 heterocycles. The molecule has 2 aliphatic rings. The molecule has 2 amide bonds. The zero-order chi connectivity index (χ0) is 29.2. The number of rotatable bonds is 10. The van der Waals surface area contributed by atoms with Crippen molar-refractivity contribution in [2.24, 2.45) is 5.73 Å². The highest BCUT2D eigenvalue weighted by Gasteiger charge is 2.72. The van der Waals surface area contributed by atoms with E-state index in [1.165, 1.54) is 30.5 Å². The predicted octanol–water partition coefficient (Wildman–Crippen LogP) is -0.514. The lowest BCUT2D eigenvalue weighted by atomic mass is 9.94. The third-order valence-electron chi connectivity index (χ3n) is 6.59. The molecule has 0 bridgehead atoms. The van der Waals surface area contributed by atoms with Crippen molar-refractivity contribution < 1.29 is 42.9 Å². The topological polar surface area (TPSA) is 234 Å². The number of aliphatic carboxylic acids is 1. The van der Waals surface area contributed by atoms with Crippen LogP contribution in [0.25, 0.3) is 6.08 Å². The number of fused-ring (bicyclic) bond motifs is 1. The summed E-state index contributed by atoms with van der Waals surface area (Å²) in [6.45, 7) is 0.985. The van der Waals surface area contributed by atoms with E-state index in [1.54, 1.807) is 12.1 Å². The minimum Gasteiger partial charge on any atom is -0.504 e. The van der Waals surface area contributed by atoms with Crippen LogP contribution in [0.15, 0.2) is 42.1 Å². The second-order valence-electron chi connectivity index (χ2n) is 9.33. The minimum atomic E-state index is -4.40. The van der Waals surface area contributed by atoms with E-state index in [0.29, 0.717) is 24.3 Å². The summed E-state index contributed by atoms with van der Waals surface area (Å²) in [5, 5.41) is 29.6. The van der Waals surface area contributed by atoms with Gasteiger partial charge in [0.2, 0.25) is 0 Å². The second kappa shape index (κ2) is 11.0. The van der Waals surface area contributed by atoms with E-state index < -0.39 is 56.3 Å². The summed E-state index contributed by atoms with van der Waals surface area (Å²) >= 11 is 0. The van der Waals surface area contributed by atoms with Gasteiger partial charge in [-0.15, -0.1) is 0 Å². The Bertz CT molecular complexity index is 1480. The second-order valence-corrected chi connectivity index (χ2v) is 11.8. The standard InChI is InChI=1S/C24H28N6O9S/c1-24(12-39-23(36)27-11-13-2-3-17(31)18(32)8-13)19(22(34)35)30-20(33)16(21(30)40(24,37)38)10-15-9-14(4-6-26-15)29-28-7-5-25/h2-4,6,8-10,19,21,28,31-32H,5,7,11-12,25H2,1H3,(H,26,29)(H,27,36)(H,34,35)/b16-10-/t19-,21+,24-/m0/s1. The molecule has 40 heavy (non-hydrogen) atoms. The van der Waals surface area contributed by atoms with Crippen molar-refractivity contribution in [2.75, 3.05) is 25.1 Å². The first kappa shape index (κ1) is 28.6. The lowest BCUT2D eigenvalue weighted by molar-refractivity contribution is -0.153. The normalized spacial score (nSPS) is 23.8. The molecule has 1 aromatic heterocycles. The maximum Gasteiger partial charge on any atom is 0.407 e. The van der Waals surface area contributed by atoms with Crippen LogP contribution >= 0.6 is 0 Å². The van der Waals surface area contributed by atoms with Gasteiger partial charge in [0.25, 0.3) is 5.91 Å². The summed E-state index contributed by atoms with van der Waals surface area (Å²) in [6.07, 6.45) is 1.67. The van der Waals surface area contributed by atoms with E-state index >= 15 is 0 Å². The molecule has 3 atom stereocenters. The number of hydrogen-bond donors (Lipinski definition) is 7. The fourth-order valence-corrected chi connectivity index (χ4v) is 6.79. The highest BCUT2D eigenvalue weighted by molar-refractivity contribution is 7.94. The van der Waals surface area contributed by atoms with Crippen LogP contribution in [-0.2, 0) is 30.7 Å². The highest BCUT2D eigenvalue weighted by Crippen LogP contribution is 2.49. The lowest BCUT2D eigenvalue weighted by Gasteiger charge is -2.37. The fourth-order valence-electron chi connectivity index (χ4n) is 4.51. The zero-order valence-corrected chi connectivity index (χ0v) is 22.0. The Hall–Kier alpha value is -4.41. The van der Waals surface area contributed by atoms with Gasteiger partial charge in [0.05, 0.1) is 17.0 Å². The number of hydrogen-bond acceptors (Lipinski definition) is 12. The molecule has 15 nitrogen and oxygen atoms in total. The quantitative estimate of drug-likeness (QED) is 0.0621. The fraction of sp³-hybridized carbons (Fsp3) is 0.333. The van der Waals surface area contributed by atoms with Crippen LogP contribution < -0.4 is 21.9 Å². The number of sulfone groups is 1. The van der Waals surface area contributed by atoms with Crippen LogP contribution in [0.5, 0.6) is 11.5 Å². The van der Waals surface area contributed by atoms with E-state index in [9.17, 15) is 38.1 Å². The van der Waals surface area contributed by atoms with Gasteiger partial charge in [0.15, 0.2) is 32.8 Å². The maximum atomic E-state index is 13.6. The first-order valence-corrected chi connectivity index (χ1v) is 13.5. The number of phenols is 2. The Morgan fingerprint density at radius 3 is 2.65 bits per heavy atom. The van der Waals surface area contributed by atoms with Gasteiger partial charge in [0.1, 0.15) is 11.4 Å². The van der Waals surface area contributed by atoms with E-state index in [0.717, 1.165) is 11.8 Å². The number of aromatic hydroxyl groups is 2. The monoisotopic (exact) mass is 576 g/mol. The van der Waals surface area contributed by atoms with Gasteiger partial charge >= 0.3 is 12.1 Å². The average Bonchev–Trinajstić information content (AvgIpc) is 3.07. The number of carbonyl (C=O) groups is 3.